The maximum absolute atomic E-state index is 12.1. The number of amides is 3. The fraction of sp³-hybridized carbons (Fsp3) is 0.154. The maximum atomic E-state index is 12.1. The first-order valence-electron chi connectivity index (χ1n) is 10.8. The summed E-state index contributed by atoms with van der Waals surface area (Å²) in [7, 11) is 1.57. The van der Waals surface area contributed by atoms with Gasteiger partial charge in [-0.05, 0) is 54.4 Å². The van der Waals surface area contributed by atoms with Crippen molar-refractivity contribution in [3.05, 3.63) is 89.5 Å². The highest BCUT2D eigenvalue weighted by Gasteiger charge is 2.12. The molecular weight excluding hydrogens is 448 g/mol. The van der Waals surface area contributed by atoms with Gasteiger partial charge in [-0.25, -0.2) is 5.43 Å². The molecule has 35 heavy (non-hydrogen) atoms. The van der Waals surface area contributed by atoms with Gasteiger partial charge in [0.1, 0.15) is 11.5 Å². The van der Waals surface area contributed by atoms with Crippen molar-refractivity contribution in [1.29, 1.82) is 0 Å². The molecule has 3 aromatic carbocycles. The van der Waals surface area contributed by atoms with Gasteiger partial charge in [0, 0.05) is 12.2 Å². The zero-order chi connectivity index (χ0) is 25.0. The van der Waals surface area contributed by atoms with Gasteiger partial charge in [-0.15, -0.1) is 0 Å². The summed E-state index contributed by atoms with van der Waals surface area (Å²) >= 11 is 0. The molecule has 0 saturated heterocycles. The van der Waals surface area contributed by atoms with E-state index < -0.39 is 11.8 Å². The molecule has 0 fully saturated rings. The number of nitrogens with zero attached hydrogens (tertiary/aromatic N) is 1. The quantitative estimate of drug-likeness (QED) is 0.250. The van der Waals surface area contributed by atoms with Gasteiger partial charge >= 0.3 is 11.8 Å². The summed E-state index contributed by atoms with van der Waals surface area (Å²) in [5.41, 5.74) is 5.40. The highest BCUT2D eigenvalue weighted by atomic mass is 16.5. The predicted octanol–water partition coefficient (Wildman–Crippen LogP) is 2.79. The Morgan fingerprint density at radius 1 is 0.914 bits per heavy atom. The van der Waals surface area contributed by atoms with Crippen molar-refractivity contribution in [1.82, 2.24) is 10.7 Å². The van der Waals surface area contributed by atoms with E-state index in [1.54, 1.807) is 55.6 Å². The van der Waals surface area contributed by atoms with Crippen LogP contribution in [0.1, 0.15) is 16.7 Å². The number of carbonyl (C=O) groups excluding carboxylic acids is 3. The van der Waals surface area contributed by atoms with E-state index in [1.807, 2.05) is 31.2 Å². The van der Waals surface area contributed by atoms with Gasteiger partial charge < -0.3 is 20.1 Å². The highest BCUT2D eigenvalue weighted by Crippen LogP contribution is 2.13. The third-order valence-corrected chi connectivity index (χ3v) is 4.76. The van der Waals surface area contributed by atoms with Crippen LogP contribution in [-0.2, 0) is 20.9 Å². The van der Waals surface area contributed by atoms with E-state index in [0.717, 1.165) is 11.1 Å². The minimum Gasteiger partial charge on any atom is -0.497 e. The number of hydrogen-bond acceptors (Lipinski definition) is 6. The maximum Gasteiger partial charge on any atom is 0.329 e. The average Bonchev–Trinajstić information content (AvgIpc) is 2.88. The Labute approximate surface area is 203 Å². The van der Waals surface area contributed by atoms with Crippen molar-refractivity contribution in [2.75, 3.05) is 19.0 Å². The summed E-state index contributed by atoms with van der Waals surface area (Å²) in [6.07, 6.45) is 1.37. The summed E-state index contributed by atoms with van der Waals surface area (Å²) in [4.78, 5) is 36.0. The summed E-state index contributed by atoms with van der Waals surface area (Å²) in [6.45, 7) is 1.99. The first-order chi connectivity index (χ1) is 16.9. The lowest BCUT2D eigenvalue weighted by Gasteiger charge is -2.08. The molecule has 3 N–H and O–H groups in total. The molecule has 0 spiro atoms. The van der Waals surface area contributed by atoms with Crippen molar-refractivity contribution in [3.63, 3.8) is 0 Å². The Morgan fingerprint density at radius 2 is 1.66 bits per heavy atom. The number of rotatable bonds is 9. The molecule has 0 aliphatic rings. The lowest BCUT2D eigenvalue weighted by molar-refractivity contribution is -0.139. The number of methoxy groups -OCH3 is 1. The van der Waals surface area contributed by atoms with Crippen LogP contribution in [0.15, 0.2) is 77.9 Å². The lowest BCUT2D eigenvalue weighted by Crippen LogP contribution is -2.37. The second kappa shape index (κ2) is 12.5. The van der Waals surface area contributed by atoms with E-state index in [2.05, 4.69) is 21.2 Å². The van der Waals surface area contributed by atoms with Gasteiger partial charge in [-0.1, -0.05) is 42.0 Å². The second-order valence-electron chi connectivity index (χ2n) is 7.51. The molecule has 9 nitrogen and oxygen atoms in total. The Kier molecular flexibility index (Phi) is 8.95. The van der Waals surface area contributed by atoms with Crippen LogP contribution in [0.3, 0.4) is 0 Å². The normalized spacial score (nSPS) is 10.5. The number of aryl methyl sites for hydroxylation is 1. The van der Waals surface area contributed by atoms with Gasteiger partial charge in [-0.2, -0.15) is 5.10 Å². The number of benzene rings is 3. The number of hydrazone groups is 1. The van der Waals surface area contributed by atoms with Crippen LogP contribution in [0.4, 0.5) is 5.69 Å². The zero-order valence-corrected chi connectivity index (χ0v) is 19.4. The minimum atomic E-state index is -0.894. The van der Waals surface area contributed by atoms with Crippen molar-refractivity contribution < 1.29 is 23.9 Å². The third kappa shape index (κ3) is 8.32. The predicted molar refractivity (Wildman–Crippen MR) is 132 cm³/mol. The van der Waals surface area contributed by atoms with E-state index in [9.17, 15) is 14.4 Å². The van der Waals surface area contributed by atoms with Crippen LogP contribution in [0.5, 0.6) is 11.5 Å². The molecule has 9 heteroatoms. The fourth-order valence-corrected chi connectivity index (χ4v) is 2.89. The molecular formula is C26H26N4O5. The van der Waals surface area contributed by atoms with Gasteiger partial charge in [0.25, 0.3) is 5.91 Å². The topological polar surface area (TPSA) is 118 Å². The van der Waals surface area contributed by atoms with Crippen LogP contribution >= 0.6 is 0 Å². The molecule has 3 rings (SSSR count). The van der Waals surface area contributed by atoms with E-state index in [1.165, 1.54) is 6.21 Å². The van der Waals surface area contributed by atoms with Crippen LogP contribution in [0.2, 0.25) is 0 Å². The summed E-state index contributed by atoms with van der Waals surface area (Å²) in [6, 6.07) is 21.4. The molecule has 0 atom stereocenters. The molecule has 0 aromatic heterocycles. The van der Waals surface area contributed by atoms with Gasteiger partial charge in [0.15, 0.2) is 6.61 Å². The summed E-state index contributed by atoms with van der Waals surface area (Å²) in [5, 5.41) is 9.08. The van der Waals surface area contributed by atoms with Crippen molar-refractivity contribution >= 4 is 29.6 Å². The fourth-order valence-electron chi connectivity index (χ4n) is 2.89. The molecule has 3 aromatic rings. The molecule has 0 radical (unpaired) electrons. The standard InChI is InChI=1S/C26H26N4O5/c1-18-6-10-21(11-7-18)29-24(31)17-35-23-5-3-4-20(14-23)16-28-30-26(33)25(32)27-15-19-8-12-22(34-2)13-9-19/h3-14,16H,15,17H2,1-2H3,(H,27,32)(H,29,31)(H,30,33)/b28-16-. The Morgan fingerprint density at radius 3 is 2.37 bits per heavy atom. The Balaban J connectivity index is 1.43. The smallest absolute Gasteiger partial charge is 0.329 e. The highest BCUT2D eigenvalue weighted by molar-refractivity contribution is 6.35. The van der Waals surface area contributed by atoms with Crippen LogP contribution in [0, 0.1) is 6.92 Å². The minimum absolute atomic E-state index is 0.167. The molecule has 0 heterocycles. The number of anilines is 1. The Hall–Kier alpha value is -4.66. The van der Waals surface area contributed by atoms with E-state index in [-0.39, 0.29) is 19.1 Å². The monoisotopic (exact) mass is 474 g/mol. The van der Waals surface area contributed by atoms with Gasteiger partial charge in [-0.3, -0.25) is 14.4 Å². The molecule has 0 aliphatic carbocycles. The SMILES string of the molecule is COc1ccc(CNC(=O)C(=O)N/N=C\c2cccc(OCC(=O)Nc3ccc(C)cc3)c2)cc1. The van der Waals surface area contributed by atoms with Crippen molar-refractivity contribution in [2.24, 2.45) is 5.10 Å². The molecule has 0 saturated carbocycles. The first-order valence-corrected chi connectivity index (χ1v) is 10.8. The summed E-state index contributed by atoms with van der Waals surface area (Å²) < 4.78 is 10.6. The zero-order valence-electron chi connectivity index (χ0n) is 19.4. The average molecular weight is 475 g/mol. The molecule has 0 unspecified atom stereocenters. The molecule has 180 valence electrons. The number of carbonyl (C=O) groups is 3. The molecule has 3 amide bonds. The van der Waals surface area contributed by atoms with Crippen LogP contribution < -0.4 is 25.5 Å². The first kappa shape index (κ1) is 25.0. The van der Waals surface area contributed by atoms with Gasteiger partial charge in [0.2, 0.25) is 0 Å². The van der Waals surface area contributed by atoms with Crippen LogP contribution in [0.25, 0.3) is 0 Å². The lowest BCUT2D eigenvalue weighted by atomic mass is 10.2. The largest absolute Gasteiger partial charge is 0.497 e. The van der Waals surface area contributed by atoms with E-state index in [0.29, 0.717) is 22.7 Å². The van der Waals surface area contributed by atoms with Crippen LogP contribution in [-0.4, -0.2) is 37.7 Å². The third-order valence-electron chi connectivity index (χ3n) is 4.76. The summed E-state index contributed by atoms with van der Waals surface area (Å²) in [5.74, 6) is -0.839. The Bertz CT molecular complexity index is 1190. The number of ether oxygens (including phenoxy) is 2. The van der Waals surface area contributed by atoms with Crippen molar-refractivity contribution in [2.45, 2.75) is 13.5 Å². The second-order valence-corrected chi connectivity index (χ2v) is 7.51. The number of nitrogens with one attached hydrogen (secondary N) is 3. The van der Waals surface area contributed by atoms with Gasteiger partial charge in [0.05, 0.1) is 13.3 Å². The van der Waals surface area contributed by atoms with E-state index >= 15 is 0 Å². The number of hydrogen-bond donors (Lipinski definition) is 3. The van der Waals surface area contributed by atoms with E-state index in [4.69, 9.17) is 9.47 Å². The van der Waals surface area contributed by atoms with Crippen molar-refractivity contribution in [3.8, 4) is 11.5 Å². The molecule has 0 aliphatic heterocycles. The molecule has 0 bridgehead atoms.